The molecule has 0 fully saturated rings. The van der Waals surface area contributed by atoms with Crippen LogP contribution in [0.5, 0.6) is 0 Å². The van der Waals surface area contributed by atoms with Crippen LogP contribution in [0.1, 0.15) is 24.3 Å². The first kappa shape index (κ1) is 26.1. The van der Waals surface area contributed by atoms with Crippen LogP contribution in [0.25, 0.3) is 17.4 Å². The molecule has 1 aliphatic heterocycles. The van der Waals surface area contributed by atoms with Crippen LogP contribution in [0.15, 0.2) is 116 Å². The number of fused-ring (bicyclic) bond motifs is 1. The van der Waals surface area contributed by atoms with Crippen LogP contribution in [0, 0.1) is 0 Å². The Morgan fingerprint density at radius 1 is 1.00 bits per heavy atom. The lowest BCUT2D eigenvalue weighted by molar-refractivity contribution is -0.113. The highest BCUT2D eigenvalue weighted by molar-refractivity contribution is 7.07. The molecule has 1 amide bonds. The second kappa shape index (κ2) is 10.8. The van der Waals surface area contributed by atoms with Crippen LogP contribution in [-0.4, -0.2) is 10.5 Å². The first-order valence-electron chi connectivity index (χ1n) is 12.4. The van der Waals surface area contributed by atoms with Crippen molar-refractivity contribution in [1.82, 2.24) is 4.57 Å². The molecule has 0 saturated carbocycles. The van der Waals surface area contributed by atoms with Crippen LogP contribution in [0.3, 0.4) is 0 Å². The van der Waals surface area contributed by atoms with Gasteiger partial charge in [0.15, 0.2) is 4.80 Å². The normalized spacial score (nSPS) is 15.1. The van der Waals surface area contributed by atoms with E-state index in [1.165, 1.54) is 15.9 Å². The van der Waals surface area contributed by atoms with Crippen molar-refractivity contribution in [1.29, 1.82) is 0 Å². The molecule has 40 heavy (non-hydrogen) atoms. The van der Waals surface area contributed by atoms with Crippen LogP contribution < -0.4 is 20.2 Å². The lowest BCUT2D eigenvalue weighted by atomic mass is 9.95. The number of carbonyl (C=O) groups is 1. The quantitative estimate of drug-likeness (QED) is 0.258. The largest absolute Gasteiger partial charge is 0.457 e. The molecule has 0 spiro atoms. The predicted octanol–water partition coefficient (Wildman–Crippen LogP) is 6.44. The minimum absolute atomic E-state index is 0.299. The number of thiazole rings is 1. The van der Waals surface area contributed by atoms with E-state index in [1.807, 2.05) is 60.7 Å². The number of halogens is 2. The Kier molecular flexibility index (Phi) is 7.02. The Balaban J connectivity index is 1.47. The van der Waals surface area contributed by atoms with Gasteiger partial charge in [-0.15, -0.1) is 0 Å². The number of para-hydroxylation sites is 1. The molecule has 1 N–H and O–H groups in total. The van der Waals surface area contributed by atoms with Gasteiger partial charge < -0.3 is 9.73 Å². The molecule has 0 radical (unpaired) electrons. The van der Waals surface area contributed by atoms with E-state index in [1.54, 1.807) is 43.3 Å². The van der Waals surface area contributed by atoms with Crippen molar-refractivity contribution in [3.63, 3.8) is 0 Å². The zero-order valence-electron chi connectivity index (χ0n) is 21.1. The monoisotopic (exact) mass is 585 g/mol. The first-order chi connectivity index (χ1) is 19.4. The number of anilines is 1. The number of nitrogens with one attached hydrogen (secondary N) is 1. The maximum Gasteiger partial charge on any atom is 0.271 e. The SMILES string of the molecule is CC1=C(C(=O)Nc2ccccc2)C(c2ccccc2Cl)n2c(sc(=Cc3ccc(-c4cccc(Cl)c4)o3)c2=O)=N1. The zero-order chi connectivity index (χ0) is 27.8. The predicted molar refractivity (Wildman–Crippen MR) is 159 cm³/mol. The number of benzene rings is 3. The number of hydrogen-bond acceptors (Lipinski definition) is 5. The van der Waals surface area contributed by atoms with Gasteiger partial charge in [-0.2, -0.15) is 0 Å². The Hall–Kier alpha value is -4.17. The average molecular weight is 587 g/mol. The smallest absolute Gasteiger partial charge is 0.271 e. The lowest BCUT2D eigenvalue weighted by Gasteiger charge is -2.26. The second-order valence-corrected chi connectivity index (χ2v) is 11.0. The summed E-state index contributed by atoms with van der Waals surface area (Å²) in [5.41, 5.74) is 2.65. The van der Waals surface area contributed by atoms with E-state index in [9.17, 15) is 9.59 Å². The Bertz CT molecular complexity index is 1970. The molecule has 1 unspecified atom stereocenters. The number of furan rings is 1. The molecule has 0 aliphatic carbocycles. The molecule has 3 heterocycles. The molecule has 198 valence electrons. The fourth-order valence-corrected chi connectivity index (χ4v) is 6.14. The van der Waals surface area contributed by atoms with Crippen molar-refractivity contribution < 1.29 is 9.21 Å². The zero-order valence-corrected chi connectivity index (χ0v) is 23.4. The minimum atomic E-state index is -0.769. The van der Waals surface area contributed by atoms with E-state index in [4.69, 9.17) is 27.6 Å². The first-order valence-corrected chi connectivity index (χ1v) is 14.0. The van der Waals surface area contributed by atoms with Gasteiger partial charge in [-0.25, -0.2) is 4.99 Å². The third-order valence-electron chi connectivity index (χ3n) is 6.51. The highest BCUT2D eigenvalue weighted by atomic mass is 35.5. The van der Waals surface area contributed by atoms with Crippen LogP contribution in [0.4, 0.5) is 5.69 Å². The third-order valence-corrected chi connectivity index (χ3v) is 8.07. The fourth-order valence-electron chi connectivity index (χ4n) is 4.68. The van der Waals surface area contributed by atoms with Gasteiger partial charge in [0.25, 0.3) is 11.5 Å². The fraction of sp³-hybridized carbons (Fsp3) is 0.0645. The van der Waals surface area contributed by atoms with Crippen molar-refractivity contribution in [2.45, 2.75) is 13.0 Å². The second-order valence-electron chi connectivity index (χ2n) is 9.14. The number of hydrogen-bond donors (Lipinski definition) is 1. The summed E-state index contributed by atoms with van der Waals surface area (Å²) in [7, 11) is 0. The Labute approximate surface area is 243 Å². The number of rotatable bonds is 5. The van der Waals surface area contributed by atoms with E-state index in [2.05, 4.69) is 10.3 Å². The number of carbonyl (C=O) groups excluding carboxylic acids is 1. The van der Waals surface area contributed by atoms with Gasteiger partial charge in [0, 0.05) is 27.4 Å². The minimum Gasteiger partial charge on any atom is -0.457 e. The summed E-state index contributed by atoms with van der Waals surface area (Å²) in [6.07, 6.45) is 1.69. The molecule has 2 aromatic heterocycles. The number of aromatic nitrogens is 1. The molecule has 6 rings (SSSR count). The van der Waals surface area contributed by atoms with Crippen molar-refractivity contribution in [2.75, 3.05) is 5.32 Å². The third kappa shape index (κ3) is 4.95. The summed E-state index contributed by atoms with van der Waals surface area (Å²) in [5.74, 6) is 0.780. The molecule has 1 aliphatic rings. The summed E-state index contributed by atoms with van der Waals surface area (Å²) >= 11 is 14.0. The molecule has 0 saturated heterocycles. The summed E-state index contributed by atoms with van der Waals surface area (Å²) in [6, 6.07) is 26.6. The molecule has 9 heteroatoms. The molecule has 0 bridgehead atoms. The van der Waals surface area contributed by atoms with Gasteiger partial charge >= 0.3 is 0 Å². The van der Waals surface area contributed by atoms with E-state index >= 15 is 0 Å². The average Bonchev–Trinajstić information content (AvgIpc) is 3.53. The van der Waals surface area contributed by atoms with Crippen molar-refractivity contribution in [2.24, 2.45) is 4.99 Å². The number of amides is 1. The molecule has 3 aromatic carbocycles. The lowest BCUT2D eigenvalue weighted by Crippen LogP contribution is -2.40. The van der Waals surface area contributed by atoms with Crippen LogP contribution in [0.2, 0.25) is 10.0 Å². The Morgan fingerprint density at radius 3 is 2.55 bits per heavy atom. The van der Waals surface area contributed by atoms with Gasteiger partial charge in [-0.1, -0.05) is 83.1 Å². The Morgan fingerprint density at radius 2 is 1.77 bits per heavy atom. The van der Waals surface area contributed by atoms with Crippen LogP contribution >= 0.6 is 34.5 Å². The van der Waals surface area contributed by atoms with E-state index in [0.717, 1.165) is 5.56 Å². The summed E-state index contributed by atoms with van der Waals surface area (Å²) < 4.78 is 7.96. The maximum absolute atomic E-state index is 13.9. The van der Waals surface area contributed by atoms with Gasteiger partial charge in [-0.05, 0) is 55.0 Å². The molecule has 1 atom stereocenters. The highest BCUT2D eigenvalue weighted by Crippen LogP contribution is 2.34. The number of nitrogens with zero attached hydrogens (tertiary/aromatic N) is 2. The van der Waals surface area contributed by atoms with Gasteiger partial charge in [0.1, 0.15) is 11.5 Å². The van der Waals surface area contributed by atoms with E-state index in [-0.39, 0.29) is 11.5 Å². The van der Waals surface area contributed by atoms with Crippen molar-refractivity contribution >= 4 is 52.2 Å². The van der Waals surface area contributed by atoms with Crippen molar-refractivity contribution in [3.05, 3.63) is 143 Å². The highest BCUT2D eigenvalue weighted by Gasteiger charge is 2.33. The molecular formula is C31H21Cl2N3O3S. The van der Waals surface area contributed by atoms with Gasteiger partial charge in [0.05, 0.1) is 21.8 Å². The van der Waals surface area contributed by atoms with Crippen LogP contribution in [-0.2, 0) is 4.79 Å². The summed E-state index contributed by atoms with van der Waals surface area (Å²) in [6.45, 7) is 1.77. The summed E-state index contributed by atoms with van der Waals surface area (Å²) in [4.78, 5) is 32.7. The maximum atomic E-state index is 13.9. The standard InChI is InChI=1S/C31H21Cl2N3O3S/c1-18-27(29(37)35-21-10-3-2-4-11-21)28(23-12-5-6-13-24(23)33)36-30(38)26(40-31(36)34-18)17-22-14-15-25(39-22)19-8-7-9-20(32)16-19/h2-17,28H,1H3,(H,35,37). The molecule has 6 nitrogen and oxygen atoms in total. The topological polar surface area (TPSA) is 76.6 Å². The van der Waals surface area contributed by atoms with E-state index in [0.29, 0.717) is 53.4 Å². The van der Waals surface area contributed by atoms with Crippen molar-refractivity contribution in [3.8, 4) is 11.3 Å². The van der Waals surface area contributed by atoms with Gasteiger partial charge in [0.2, 0.25) is 0 Å². The number of allylic oxidation sites excluding steroid dienone is 1. The molecular weight excluding hydrogens is 565 g/mol. The molecule has 5 aromatic rings. The summed E-state index contributed by atoms with van der Waals surface area (Å²) in [5, 5.41) is 3.98. The van der Waals surface area contributed by atoms with E-state index < -0.39 is 6.04 Å². The van der Waals surface area contributed by atoms with Gasteiger partial charge in [-0.3, -0.25) is 14.2 Å².